The van der Waals surface area contributed by atoms with E-state index in [2.05, 4.69) is 32.3 Å². The van der Waals surface area contributed by atoms with E-state index < -0.39 is 15.8 Å². The van der Waals surface area contributed by atoms with Crippen molar-refractivity contribution in [2.75, 3.05) is 4.72 Å². The molecule has 0 spiro atoms. The molecule has 0 fully saturated rings. The molecule has 8 heteroatoms. The molecule has 3 rings (SSSR count). The van der Waals surface area contributed by atoms with Crippen LogP contribution in [0, 0.1) is 3.57 Å². The van der Waals surface area contributed by atoms with Crippen molar-refractivity contribution in [1.29, 1.82) is 0 Å². The Kier molecular flexibility index (Phi) is 3.49. The summed E-state index contributed by atoms with van der Waals surface area (Å²) in [7, 11) is -3.74. The van der Waals surface area contributed by atoms with Crippen LogP contribution in [0.25, 0.3) is 11.1 Å². The topological polar surface area (TPSA) is 92.2 Å². The zero-order chi connectivity index (χ0) is 15.0. The maximum absolute atomic E-state index is 12.3. The highest BCUT2D eigenvalue weighted by Gasteiger charge is 2.16. The Morgan fingerprint density at radius 1 is 1.10 bits per heavy atom. The van der Waals surface area contributed by atoms with Gasteiger partial charge in [-0.15, -0.1) is 0 Å². The van der Waals surface area contributed by atoms with E-state index in [0.29, 0.717) is 11.2 Å². The molecule has 21 heavy (non-hydrogen) atoms. The summed E-state index contributed by atoms with van der Waals surface area (Å²) in [5.41, 5.74) is 1.12. The predicted octanol–water partition coefficient (Wildman–Crippen LogP) is 2.53. The third-order valence-corrected chi connectivity index (χ3v) is 4.90. The minimum atomic E-state index is -3.74. The predicted molar refractivity (Wildman–Crippen MR) is 86.8 cm³/mol. The molecule has 108 valence electrons. The zero-order valence-electron chi connectivity index (χ0n) is 10.5. The van der Waals surface area contributed by atoms with Gasteiger partial charge in [0.1, 0.15) is 0 Å². The monoisotopic (exact) mass is 416 g/mol. The first-order chi connectivity index (χ1) is 9.94. The van der Waals surface area contributed by atoms with E-state index >= 15 is 0 Å². The Hall–Kier alpha value is -1.81. The highest BCUT2D eigenvalue weighted by molar-refractivity contribution is 14.1. The number of oxazole rings is 1. The smallest absolute Gasteiger partial charge is 0.408 e. The van der Waals surface area contributed by atoms with Gasteiger partial charge >= 0.3 is 5.76 Å². The maximum Gasteiger partial charge on any atom is 0.417 e. The van der Waals surface area contributed by atoms with Gasteiger partial charge in [-0.05, 0) is 59.0 Å². The van der Waals surface area contributed by atoms with Crippen LogP contribution in [-0.2, 0) is 10.0 Å². The Morgan fingerprint density at radius 2 is 1.81 bits per heavy atom. The summed E-state index contributed by atoms with van der Waals surface area (Å²) in [6.07, 6.45) is 0. The summed E-state index contributed by atoms with van der Waals surface area (Å²) in [4.78, 5) is 13.6. The number of anilines is 1. The normalized spacial score (nSPS) is 11.7. The summed E-state index contributed by atoms with van der Waals surface area (Å²) >= 11 is 2.13. The number of sulfonamides is 1. The lowest BCUT2D eigenvalue weighted by Crippen LogP contribution is -2.12. The molecule has 0 bridgehead atoms. The molecule has 0 amide bonds. The van der Waals surface area contributed by atoms with Crippen LogP contribution in [0.15, 0.2) is 56.6 Å². The number of benzene rings is 2. The zero-order valence-corrected chi connectivity index (χ0v) is 13.4. The molecule has 0 unspecified atom stereocenters. The van der Waals surface area contributed by atoms with Gasteiger partial charge < -0.3 is 4.42 Å². The van der Waals surface area contributed by atoms with Crippen molar-refractivity contribution in [3.05, 3.63) is 56.6 Å². The lowest BCUT2D eigenvalue weighted by molar-refractivity contribution is 0.554. The van der Waals surface area contributed by atoms with E-state index in [4.69, 9.17) is 4.42 Å². The molecule has 0 aliphatic rings. The molecule has 0 saturated heterocycles. The van der Waals surface area contributed by atoms with Crippen molar-refractivity contribution in [3.8, 4) is 0 Å². The molecule has 6 nitrogen and oxygen atoms in total. The van der Waals surface area contributed by atoms with Crippen molar-refractivity contribution >= 4 is 49.4 Å². The standard InChI is InChI=1S/C13H9IN2O4S/c14-8-1-3-9(4-2-8)16-21(18,19)10-5-6-11-12(7-10)20-13(17)15-11/h1-7,16H,(H,15,17). The number of halogens is 1. The molecule has 1 aromatic heterocycles. The number of rotatable bonds is 3. The Bertz CT molecular complexity index is 958. The number of H-pyrrole nitrogens is 1. The highest BCUT2D eigenvalue weighted by atomic mass is 127. The molecule has 0 saturated carbocycles. The minimum Gasteiger partial charge on any atom is -0.408 e. The number of hydrogen-bond donors (Lipinski definition) is 2. The van der Waals surface area contributed by atoms with E-state index in [1.54, 1.807) is 24.3 Å². The quantitative estimate of drug-likeness (QED) is 0.642. The third kappa shape index (κ3) is 2.95. The number of fused-ring (bicyclic) bond motifs is 1. The molecule has 0 aliphatic carbocycles. The molecule has 0 aliphatic heterocycles. The van der Waals surface area contributed by atoms with Crippen LogP contribution in [0.3, 0.4) is 0 Å². The number of nitrogens with one attached hydrogen (secondary N) is 2. The van der Waals surface area contributed by atoms with Crippen molar-refractivity contribution in [1.82, 2.24) is 4.98 Å². The van der Waals surface area contributed by atoms with Crippen LogP contribution in [0.4, 0.5) is 5.69 Å². The van der Waals surface area contributed by atoms with Gasteiger partial charge in [0.05, 0.1) is 10.4 Å². The first-order valence-electron chi connectivity index (χ1n) is 5.85. The van der Waals surface area contributed by atoms with E-state index in [0.717, 1.165) is 3.57 Å². The lowest BCUT2D eigenvalue weighted by Gasteiger charge is -2.07. The average Bonchev–Trinajstić information content (AvgIpc) is 2.80. The van der Waals surface area contributed by atoms with Gasteiger partial charge in [-0.3, -0.25) is 9.71 Å². The molecular weight excluding hydrogens is 407 g/mol. The first kappa shape index (κ1) is 14.1. The first-order valence-corrected chi connectivity index (χ1v) is 8.41. The number of aromatic nitrogens is 1. The molecule has 1 heterocycles. The number of hydrogen-bond acceptors (Lipinski definition) is 4. The fourth-order valence-electron chi connectivity index (χ4n) is 1.82. The third-order valence-electron chi connectivity index (χ3n) is 2.80. The fourth-order valence-corrected chi connectivity index (χ4v) is 3.26. The van der Waals surface area contributed by atoms with Crippen molar-refractivity contribution in [2.45, 2.75) is 4.90 Å². The van der Waals surface area contributed by atoms with Crippen molar-refractivity contribution in [2.24, 2.45) is 0 Å². The summed E-state index contributed by atoms with van der Waals surface area (Å²) in [6.45, 7) is 0. The van der Waals surface area contributed by atoms with Gasteiger partial charge in [-0.1, -0.05) is 0 Å². The van der Waals surface area contributed by atoms with E-state index in [-0.39, 0.29) is 10.5 Å². The minimum absolute atomic E-state index is 0.0244. The number of aromatic amines is 1. The van der Waals surface area contributed by atoms with Crippen LogP contribution in [0.1, 0.15) is 0 Å². The Labute approximate surface area is 133 Å². The van der Waals surface area contributed by atoms with Crippen LogP contribution in [-0.4, -0.2) is 13.4 Å². The van der Waals surface area contributed by atoms with E-state index in [9.17, 15) is 13.2 Å². The highest BCUT2D eigenvalue weighted by Crippen LogP contribution is 2.20. The SMILES string of the molecule is O=c1[nH]c2ccc(S(=O)(=O)Nc3ccc(I)cc3)cc2o1. The van der Waals surface area contributed by atoms with Gasteiger partial charge in [0.2, 0.25) is 0 Å². The van der Waals surface area contributed by atoms with Gasteiger partial charge in [0, 0.05) is 15.3 Å². The molecule has 0 atom stereocenters. The molecule has 0 radical (unpaired) electrons. The summed E-state index contributed by atoms with van der Waals surface area (Å²) < 4.78 is 32.9. The Balaban J connectivity index is 1.99. The molecular formula is C13H9IN2O4S. The summed E-state index contributed by atoms with van der Waals surface area (Å²) in [5, 5.41) is 0. The van der Waals surface area contributed by atoms with Gasteiger partial charge in [0.25, 0.3) is 10.0 Å². The van der Waals surface area contributed by atoms with Gasteiger partial charge in [-0.25, -0.2) is 13.2 Å². The van der Waals surface area contributed by atoms with Crippen LogP contribution >= 0.6 is 22.6 Å². The van der Waals surface area contributed by atoms with Crippen LogP contribution in [0.2, 0.25) is 0 Å². The summed E-state index contributed by atoms with van der Waals surface area (Å²) in [5.74, 6) is -0.620. The molecule has 3 aromatic rings. The van der Waals surface area contributed by atoms with Gasteiger partial charge in [0.15, 0.2) is 5.58 Å². The Morgan fingerprint density at radius 3 is 2.52 bits per heavy atom. The van der Waals surface area contributed by atoms with Gasteiger partial charge in [-0.2, -0.15) is 0 Å². The molecule has 2 aromatic carbocycles. The average molecular weight is 416 g/mol. The lowest BCUT2D eigenvalue weighted by atomic mass is 10.3. The second-order valence-electron chi connectivity index (χ2n) is 4.28. The fraction of sp³-hybridized carbons (Fsp3) is 0. The largest absolute Gasteiger partial charge is 0.417 e. The maximum atomic E-state index is 12.3. The summed E-state index contributed by atoms with van der Waals surface area (Å²) in [6, 6.07) is 11.1. The van der Waals surface area contributed by atoms with Crippen molar-refractivity contribution in [3.63, 3.8) is 0 Å². The van der Waals surface area contributed by atoms with Crippen molar-refractivity contribution < 1.29 is 12.8 Å². The van der Waals surface area contributed by atoms with Crippen LogP contribution in [0.5, 0.6) is 0 Å². The van der Waals surface area contributed by atoms with E-state index in [1.165, 1.54) is 18.2 Å². The molecule has 2 N–H and O–H groups in total. The van der Waals surface area contributed by atoms with Crippen LogP contribution < -0.4 is 10.5 Å². The second-order valence-corrected chi connectivity index (χ2v) is 7.21. The second kappa shape index (κ2) is 5.19. The van der Waals surface area contributed by atoms with E-state index in [1.807, 2.05) is 0 Å².